The van der Waals surface area contributed by atoms with Gasteiger partial charge in [-0.2, -0.15) is 13.2 Å². The van der Waals surface area contributed by atoms with Gasteiger partial charge in [0.1, 0.15) is 5.75 Å². The van der Waals surface area contributed by atoms with Crippen molar-refractivity contribution in [3.8, 4) is 5.75 Å². The maximum Gasteiger partial charge on any atom is 0.417 e. The number of alkyl halides is 3. The molecule has 0 saturated carbocycles. The van der Waals surface area contributed by atoms with Crippen molar-refractivity contribution in [2.45, 2.75) is 16.0 Å². The van der Waals surface area contributed by atoms with E-state index in [2.05, 4.69) is 0 Å². The summed E-state index contributed by atoms with van der Waals surface area (Å²) >= 11 is 0.816. The minimum Gasteiger partial charge on any atom is -0.508 e. The van der Waals surface area contributed by atoms with E-state index in [1.807, 2.05) is 0 Å². The van der Waals surface area contributed by atoms with Crippen molar-refractivity contribution < 1.29 is 23.2 Å². The Kier molecular flexibility index (Phi) is 4.08. The standard InChI is InChI=1S/C13H8F3NO3S/c14-13(15,16)11-7-8(17(19)20)1-6-12(11)21-10-4-2-9(18)3-5-10/h1-7,18H. The zero-order valence-electron chi connectivity index (χ0n) is 10.3. The highest BCUT2D eigenvalue weighted by Gasteiger charge is 2.35. The third-order valence-corrected chi connectivity index (χ3v) is 3.63. The Labute approximate surface area is 121 Å². The van der Waals surface area contributed by atoms with Gasteiger partial charge in [0.25, 0.3) is 5.69 Å². The molecule has 0 aromatic heterocycles. The van der Waals surface area contributed by atoms with Gasteiger partial charge in [-0.05, 0) is 30.3 Å². The van der Waals surface area contributed by atoms with E-state index < -0.39 is 22.4 Å². The Morgan fingerprint density at radius 2 is 1.71 bits per heavy atom. The minimum absolute atomic E-state index is 0.000839. The summed E-state index contributed by atoms with van der Waals surface area (Å²) in [4.78, 5) is 10.1. The lowest BCUT2D eigenvalue weighted by Gasteiger charge is -2.12. The Hall–Kier alpha value is -2.22. The third-order valence-electron chi connectivity index (χ3n) is 2.54. The van der Waals surface area contributed by atoms with Gasteiger partial charge in [-0.15, -0.1) is 0 Å². The van der Waals surface area contributed by atoms with Crippen LogP contribution in [0.25, 0.3) is 0 Å². The summed E-state index contributed by atoms with van der Waals surface area (Å²) in [6.07, 6.45) is -4.69. The predicted octanol–water partition coefficient (Wildman–Crippen LogP) is 4.47. The maximum absolute atomic E-state index is 13.0. The summed E-state index contributed by atoms with van der Waals surface area (Å²) in [5.41, 5.74) is -1.67. The molecular formula is C13H8F3NO3S. The van der Waals surface area contributed by atoms with Gasteiger partial charge in [0.2, 0.25) is 0 Å². The summed E-state index contributed by atoms with van der Waals surface area (Å²) in [6.45, 7) is 0. The van der Waals surface area contributed by atoms with Gasteiger partial charge in [0.15, 0.2) is 0 Å². The zero-order valence-corrected chi connectivity index (χ0v) is 11.1. The number of phenolic OH excluding ortho intramolecular Hbond substituents is 1. The van der Waals surface area contributed by atoms with Crippen molar-refractivity contribution in [2.75, 3.05) is 0 Å². The quantitative estimate of drug-likeness (QED) is 0.670. The van der Waals surface area contributed by atoms with E-state index in [4.69, 9.17) is 5.11 Å². The molecule has 0 fully saturated rings. The van der Waals surface area contributed by atoms with E-state index in [0.717, 1.165) is 23.9 Å². The van der Waals surface area contributed by atoms with Gasteiger partial charge < -0.3 is 5.11 Å². The fourth-order valence-electron chi connectivity index (χ4n) is 1.58. The summed E-state index contributed by atoms with van der Waals surface area (Å²) in [5.74, 6) is -0.000839. The van der Waals surface area contributed by atoms with Crippen LogP contribution in [-0.4, -0.2) is 10.0 Å². The van der Waals surface area contributed by atoms with Crippen molar-refractivity contribution >= 4 is 17.4 Å². The Morgan fingerprint density at radius 3 is 2.24 bits per heavy atom. The van der Waals surface area contributed by atoms with Crippen LogP contribution in [0.4, 0.5) is 18.9 Å². The number of hydrogen-bond acceptors (Lipinski definition) is 4. The first-order valence-corrected chi connectivity index (χ1v) is 6.41. The number of halogens is 3. The molecule has 0 unspecified atom stereocenters. The highest BCUT2D eigenvalue weighted by molar-refractivity contribution is 7.99. The Morgan fingerprint density at radius 1 is 1.10 bits per heavy atom. The molecule has 0 radical (unpaired) electrons. The fraction of sp³-hybridized carbons (Fsp3) is 0.0769. The second kappa shape index (κ2) is 5.65. The monoisotopic (exact) mass is 315 g/mol. The largest absolute Gasteiger partial charge is 0.508 e. The lowest BCUT2D eigenvalue weighted by Crippen LogP contribution is -2.07. The summed E-state index contributed by atoms with van der Waals surface area (Å²) in [6, 6.07) is 8.23. The highest BCUT2D eigenvalue weighted by atomic mass is 32.2. The number of rotatable bonds is 3. The Balaban J connectivity index is 2.43. The lowest BCUT2D eigenvalue weighted by atomic mass is 10.2. The predicted molar refractivity (Wildman–Crippen MR) is 70.3 cm³/mol. The molecule has 110 valence electrons. The molecule has 8 heteroatoms. The zero-order chi connectivity index (χ0) is 15.6. The van der Waals surface area contributed by atoms with Crippen LogP contribution in [0.2, 0.25) is 0 Å². The van der Waals surface area contributed by atoms with Gasteiger partial charge in [0.05, 0.1) is 10.5 Å². The topological polar surface area (TPSA) is 63.4 Å². The van der Waals surface area contributed by atoms with Crippen molar-refractivity contribution in [2.24, 2.45) is 0 Å². The van der Waals surface area contributed by atoms with E-state index in [1.54, 1.807) is 0 Å². The van der Waals surface area contributed by atoms with Gasteiger partial charge in [0, 0.05) is 21.9 Å². The highest BCUT2D eigenvalue weighted by Crippen LogP contribution is 2.41. The number of nitro benzene ring substituents is 1. The van der Waals surface area contributed by atoms with Crippen molar-refractivity contribution in [1.29, 1.82) is 0 Å². The van der Waals surface area contributed by atoms with Gasteiger partial charge in [-0.1, -0.05) is 11.8 Å². The average Bonchev–Trinajstić information content (AvgIpc) is 2.40. The number of hydrogen-bond donors (Lipinski definition) is 1. The number of nitrogens with zero attached hydrogens (tertiary/aromatic N) is 1. The molecule has 4 nitrogen and oxygen atoms in total. The molecule has 1 N–H and O–H groups in total. The molecule has 0 spiro atoms. The van der Waals surface area contributed by atoms with Crippen LogP contribution in [0.15, 0.2) is 52.3 Å². The second-order valence-electron chi connectivity index (χ2n) is 4.03. The normalized spacial score (nSPS) is 11.4. The minimum atomic E-state index is -4.69. The molecule has 0 aliphatic rings. The molecule has 0 saturated heterocycles. The summed E-state index contributed by atoms with van der Waals surface area (Å²) in [7, 11) is 0. The van der Waals surface area contributed by atoms with E-state index in [-0.39, 0.29) is 10.6 Å². The third kappa shape index (κ3) is 3.66. The molecule has 2 aromatic carbocycles. The van der Waals surface area contributed by atoms with Crippen LogP contribution in [0.5, 0.6) is 5.75 Å². The molecule has 2 aromatic rings. The van der Waals surface area contributed by atoms with Crippen LogP contribution in [0.1, 0.15) is 5.56 Å². The second-order valence-corrected chi connectivity index (χ2v) is 5.15. The molecule has 0 heterocycles. The van der Waals surface area contributed by atoms with E-state index >= 15 is 0 Å². The smallest absolute Gasteiger partial charge is 0.417 e. The first kappa shape index (κ1) is 15.2. The van der Waals surface area contributed by atoms with E-state index in [1.165, 1.54) is 24.3 Å². The van der Waals surface area contributed by atoms with Crippen LogP contribution >= 0.6 is 11.8 Å². The molecule has 21 heavy (non-hydrogen) atoms. The van der Waals surface area contributed by atoms with Crippen molar-refractivity contribution in [3.63, 3.8) is 0 Å². The van der Waals surface area contributed by atoms with Gasteiger partial charge >= 0.3 is 6.18 Å². The number of non-ortho nitro benzene ring substituents is 1. The average molecular weight is 315 g/mol. The number of benzene rings is 2. The van der Waals surface area contributed by atoms with Crippen molar-refractivity contribution in [1.82, 2.24) is 0 Å². The number of nitro groups is 1. The van der Waals surface area contributed by atoms with Crippen LogP contribution < -0.4 is 0 Å². The molecular weight excluding hydrogens is 307 g/mol. The molecule has 0 bridgehead atoms. The molecule has 0 aliphatic carbocycles. The number of aromatic hydroxyl groups is 1. The first-order valence-electron chi connectivity index (χ1n) is 5.60. The fourth-order valence-corrected chi connectivity index (χ4v) is 2.53. The van der Waals surface area contributed by atoms with Crippen LogP contribution in [0.3, 0.4) is 0 Å². The molecule has 0 atom stereocenters. The SMILES string of the molecule is O=[N+]([O-])c1ccc(Sc2ccc(O)cc2)c(C(F)(F)F)c1. The van der Waals surface area contributed by atoms with Gasteiger partial charge in [-0.3, -0.25) is 10.1 Å². The van der Waals surface area contributed by atoms with Crippen LogP contribution in [0, 0.1) is 10.1 Å². The number of phenols is 1. The van der Waals surface area contributed by atoms with Crippen molar-refractivity contribution in [3.05, 3.63) is 58.1 Å². The maximum atomic E-state index is 13.0. The summed E-state index contributed by atoms with van der Waals surface area (Å²) < 4.78 is 38.9. The van der Waals surface area contributed by atoms with E-state index in [9.17, 15) is 23.3 Å². The van der Waals surface area contributed by atoms with E-state index in [0.29, 0.717) is 11.0 Å². The molecule has 0 aliphatic heterocycles. The van der Waals surface area contributed by atoms with Gasteiger partial charge in [-0.25, -0.2) is 0 Å². The first-order chi connectivity index (χ1) is 9.77. The Bertz CT molecular complexity index is 671. The molecule has 2 rings (SSSR count). The molecule has 0 amide bonds. The lowest BCUT2D eigenvalue weighted by molar-refractivity contribution is -0.385. The van der Waals surface area contributed by atoms with Crippen LogP contribution in [-0.2, 0) is 6.18 Å². The summed E-state index contributed by atoms with van der Waals surface area (Å²) in [5, 5.41) is 19.7.